The van der Waals surface area contributed by atoms with Crippen LogP contribution in [0.25, 0.3) is 0 Å². The van der Waals surface area contributed by atoms with E-state index in [1.807, 2.05) is 0 Å². The van der Waals surface area contributed by atoms with Gasteiger partial charge in [0.25, 0.3) is 0 Å². The molecule has 0 saturated heterocycles. The minimum atomic E-state index is -0.302. The first-order valence-electron chi connectivity index (χ1n) is 5.37. The maximum Gasteiger partial charge on any atom is 0.307 e. The molecule has 0 unspecified atom stereocenters. The number of nitrogens with one attached hydrogen (secondary N) is 1. The molecule has 0 bridgehead atoms. The van der Waals surface area contributed by atoms with Crippen molar-refractivity contribution in [2.75, 3.05) is 0 Å². The summed E-state index contributed by atoms with van der Waals surface area (Å²) in [7, 11) is 0. The van der Waals surface area contributed by atoms with E-state index in [1.165, 1.54) is 19.3 Å². The largest absolute Gasteiger partial charge is 0.444 e. The van der Waals surface area contributed by atoms with Crippen LogP contribution < -0.4 is 5.43 Å². The van der Waals surface area contributed by atoms with Gasteiger partial charge in [-0.3, -0.25) is 4.79 Å². The Bertz CT molecular complexity index is 404. The number of nitrogens with zero attached hydrogens (tertiary/aromatic N) is 1. The summed E-state index contributed by atoms with van der Waals surface area (Å²) < 4.78 is 5.66. The first-order valence-corrected chi connectivity index (χ1v) is 6.16. The molecule has 1 amide bonds. The fourth-order valence-corrected chi connectivity index (χ4v) is 2.00. The van der Waals surface area contributed by atoms with Gasteiger partial charge in [-0.2, -0.15) is 5.10 Å². The van der Waals surface area contributed by atoms with Crippen LogP contribution in [0.2, 0.25) is 0 Å². The summed E-state index contributed by atoms with van der Waals surface area (Å²) in [5, 5.41) is 4.11. The van der Waals surface area contributed by atoms with Crippen LogP contribution in [0.1, 0.15) is 42.7 Å². The van der Waals surface area contributed by atoms with Gasteiger partial charge in [0.15, 0.2) is 10.4 Å². The standard InChI is InChI=1S/C11H13BrN2O2/c12-10-7-6-9(16-10)11(15)14-13-8-4-2-1-3-5-8/h6-7H,1-5H2,(H,14,15). The lowest BCUT2D eigenvalue weighted by molar-refractivity contribution is 0.0925. The van der Waals surface area contributed by atoms with Crippen molar-refractivity contribution < 1.29 is 9.21 Å². The highest BCUT2D eigenvalue weighted by Gasteiger charge is 2.11. The highest BCUT2D eigenvalue weighted by Crippen LogP contribution is 2.15. The van der Waals surface area contributed by atoms with Crippen LogP contribution in [0, 0.1) is 0 Å². The molecule has 1 aromatic heterocycles. The number of halogens is 1. The Labute approximate surface area is 102 Å². The van der Waals surface area contributed by atoms with Gasteiger partial charge in [0, 0.05) is 5.71 Å². The summed E-state index contributed by atoms with van der Waals surface area (Å²) in [6.07, 6.45) is 5.57. The van der Waals surface area contributed by atoms with Gasteiger partial charge in [-0.05, 0) is 53.7 Å². The quantitative estimate of drug-likeness (QED) is 0.849. The highest BCUT2D eigenvalue weighted by atomic mass is 79.9. The van der Waals surface area contributed by atoms with Crippen LogP contribution in [-0.2, 0) is 0 Å². The average Bonchev–Trinajstić information content (AvgIpc) is 2.74. The number of hydrazone groups is 1. The van der Waals surface area contributed by atoms with Gasteiger partial charge in [0.05, 0.1) is 0 Å². The molecular formula is C11H13BrN2O2. The zero-order valence-electron chi connectivity index (χ0n) is 8.83. The zero-order valence-corrected chi connectivity index (χ0v) is 10.4. The maximum atomic E-state index is 11.6. The molecule has 86 valence electrons. The van der Waals surface area contributed by atoms with E-state index in [4.69, 9.17) is 4.42 Å². The molecule has 1 N–H and O–H groups in total. The molecule has 0 aliphatic heterocycles. The lowest BCUT2D eigenvalue weighted by Crippen LogP contribution is -2.20. The second-order valence-corrected chi connectivity index (χ2v) is 4.56. The van der Waals surface area contributed by atoms with Crippen molar-refractivity contribution in [1.82, 2.24) is 5.43 Å². The first-order chi connectivity index (χ1) is 7.75. The van der Waals surface area contributed by atoms with Crippen molar-refractivity contribution in [2.24, 2.45) is 5.10 Å². The summed E-state index contributed by atoms with van der Waals surface area (Å²) in [4.78, 5) is 11.6. The fourth-order valence-electron chi connectivity index (χ4n) is 1.69. The Hall–Kier alpha value is -1.10. The molecule has 0 radical (unpaired) electrons. The van der Waals surface area contributed by atoms with E-state index in [9.17, 15) is 4.79 Å². The molecule has 1 saturated carbocycles. The van der Waals surface area contributed by atoms with E-state index in [1.54, 1.807) is 12.1 Å². The van der Waals surface area contributed by atoms with Crippen molar-refractivity contribution in [2.45, 2.75) is 32.1 Å². The van der Waals surface area contributed by atoms with E-state index in [0.717, 1.165) is 18.6 Å². The van der Waals surface area contributed by atoms with Crippen molar-refractivity contribution in [3.05, 3.63) is 22.6 Å². The molecule has 0 spiro atoms. The van der Waals surface area contributed by atoms with E-state index in [0.29, 0.717) is 4.67 Å². The Morgan fingerprint density at radius 2 is 2.06 bits per heavy atom. The van der Waals surface area contributed by atoms with Crippen molar-refractivity contribution in [3.63, 3.8) is 0 Å². The second kappa shape index (κ2) is 5.30. The number of furan rings is 1. The minimum Gasteiger partial charge on any atom is -0.444 e. The highest BCUT2D eigenvalue weighted by molar-refractivity contribution is 9.10. The number of amides is 1. The average molecular weight is 285 g/mol. The summed E-state index contributed by atoms with van der Waals surface area (Å²) in [6.45, 7) is 0. The fraction of sp³-hybridized carbons (Fsp3) is 0.455. The van der Waals surface area contributed by atoms with Gasteiger partial charge >= 0.3 is 5.91 Å². The third-order valence-electron chi connectivity index (χ3n) is 2.54. The Morgan fingerprint density at radius 1 is 1.31 bits per heavy atom. The number of carbonyl (C=O) groups excluding carboxylic acids is 1. The van der Waals surface area contributed by atoms with Crippen molar-refractivity contribution in [1.29, 1.82) is 0 Å². The Balaban J connectivity index is 1.92. The molecule has 4 nitrogen and oxygen atoms in total. The van der Waals surface area contributed by atoms with E-state index in [2.05, 4.69) is 26.5 Å². The number of rotatable bonds is 2. The van der Waals surface area contributed by atoms with E-state index in [-0.39, 0.29) is 11.7 Å². The summed E-state index contributed by atoms with van der Waals surface area (Å²) in [5.74, 6) is -0.0317. The van der Waals surface area contributed by atoms with E-state index >= 15 is 0 Å². The monoisotopic (exact) mass is 284 g/mol. The maximum absolute atomic E-state index is 11.6. The van der Waals surface area contributed by atoms with Gasteiger partial charge in [-0.25, -0.2) is 5.43 Å². The number of carbonyl (C=O) groups is 1. The molecule has 0 aromatic carbocycles. The Kier molecular flexibility index (Phi) is 3.77. The number of hydrogen-bond donors (Lipinski definition) is 1. The molecule has 1 fully saturated rings. The van der Waals surface area contributed by atoms with Crippen LogP contribution in [0.4, 0.5) is 0 Å². The molecule has 2 rings (SSSR count). The van der Waals surface area contributed by atoms with Crippen LogP contribution in [0.15, 0.2) is 26.3 Å². The zero-order chi connectivity index (χ0) is 11.4. The van der Waals surface area contributed by atoms with Gasteiger partial charge in [0.1, 0.15) is 0 Å². The topological polar surface area (TPSA) is 54.6 Å². The normalized spacial score (nSPS) is 15.9. The summed E-state index contributed by atoms with van der Waals surface area (Å²) in [6, 6.07) is 3.29. The van der Waals surface area contributed by atoms with Crippen molar-refractivity contribution >= 4 is 27.5 Å². The lowest BCUT2D eigenvalue weighted by atomic mass is 9.99. The SMILES string of the molecule is O=C(NN=C1CCCCC1)c1ccc(Br)o1. The summed E-state index contributed by atoms with van der Waals surface area (Å²) >= 11 is 3.15. The third kappa shape index (κ3) is 2.95. The van der Waals surface area contributed by atoms with Gasteiger partial charge < -0.3 is 4.42 Å². The predicted molar refractivity (Wildman–Crippen MR) is 64.4 cm³/mol. The molecular weight excluding hydrogens is 272 g/mol. The minimum absolute atomic E-state index is 0.270. The van der Waals surface area contributed by atoms with Gasteiger partial charge in [0.2, 0.25) is 0 Å². The molecule has 5 heteroatoms. The molecule has 16 heavy (non-hydrogen) atoms. The van der Waals surface area contributed by atoms with E-state index < -0.39 is 0 Å². The molecule has 1 aliphatic carbocycles. The second-order valence-electron chi connectivity index (χ2n) is 3.78. The Morgan fingerprint density at radius 3 is 2.69 bits per heavy atom. The molecule has 1 aliphatic rings. The predicted octanol–water partition coefficient (Wildman–Crippen LogP) is 3.09. The molecule has 1 heterocycles. The van der Waals surface area contributed by atoms with Crippen LogP contribution in [0.5, 0.6) is 0 Å². The molecule has 1 aromatic rings. The third-order valence-corrected chi connectivity index (χ3v) is 2.97. The lowest BCUT2D eigenvalue weighted by Gasteiger charge is -2.11. The first kappa shape index (κ1) is 11.4. The summed E-state index contributed by atoms with van der Waals surface area (Å²) in [5.41, 5.74) is 3.59. The van der Waals surface area contributed by atoms with Crippen LogP contribution in [0.3, 0.4) is 0 Å². The van der Waals surface area contributed by atoms with Gasteiger partial charge in [-0.15, -0.1) is 0 Å². The smallest absolute Gasteiger partial charge is 0.307 e. The van der Waals surface area contributed by atoms with Gasteiger partial charge in [-0.1, -0.05) is 6.42 Å². The van der Waals surface area contributed by atoms with Crippen molar-refractivity contribution in [3.8, 4) is 0 Å². The van der Waals surface area contributed by atoms with Crippen LogP contribution >= 0.6 is 15.9 Å². The van der Waals surface area contributed by atoms with Crippen LogP contribution in [-0.4, -0.2) is 11.6 Å². The molecule has 0 atom stereocenters. The number of hydrogen-bond acceptors (Lipinski definition) is 3.